The molecule has 0 unspecified atom stereocenters. The van der Waals surface area contributed by atoms with E-state index in [0.29, 0.717) is 0 Å². The van der Waals surface area contributed by atoms with Crippen LogP contribution in [0.4, 0.5) is 10.4 Å². The Morgan fingerprint density at radius 2 is 2.05 bits per heavy atom. The van der Waals surface area contributed by atoms with Crippen LogP contribution in [0.3, 0.4) is 0 Å². The van der Waals surface area contributed by atoms with Crippen molar-refractivity contribution in [2.45, 2.75) is 24.7 Å². The molecular weight excluding hydrogens is 309 g/mol. The Bertz CT molecular complexity index is 730. The van der Waals surface area contributed by atoms with Crippen molar-refractivity contribution >= 4 is 27.6 Å². The fourth-order valence-electron chi connectivity index (χ4n) is 1.37. The largest absolute Gasteiger partial charge is 0.407 e. The lowest BCUT2D eigenvalue weighted by atomic mass is 10.2. The first-order valence-electron chi connectivity index (χ1n) is 5.61. The minimum Gasteiger partial charge on any atom is -0.407 e. The smallest absolute Gasteiger partial charge is 0.329 e. The molecule has 108 valence electrons. The summed E-state index contributed by atoms with van der Waals surface area (Å²) in [7, 11) is -4.15. The fraction of sp³-hybridized carbons (Fsp3) is 0.273. The van der Waals surface area contributed by atoms with Crippen LogP contribution in [-0.2, 0) is 10.0 Å². The molecule has 2 rings (SSSR count). The topological polar surface area (TPSA) is 85.1 Å². The van der Waals surface area contributed by atoms with Gasteiger partial charge in [-0.1, -0.05) is 30.5 Å². The van der Waals surface area contributed by atoms with Crippen LogP contribution in [0.5, 0.6) is 0 Å². The van der Waals surface area contributed by atoms with Crippen LogP contribution >= 0.6 is 11.6 Å². The first kappa shape index (κ1) is 14.7. The number of rotatable bonds is 4. The molecule has 0 atom stereocenters. The van der Waals surface area contributed by atoms with Crippen LogP contribution < -0.4 is 4.72 Å². The standard InChI is InChI=1S/C11H11ClFN3O3S/c1-6(2)10-14-15-11(19-10)16-20(17,18)9-4-3-7(12)5-8(9)13/h3-6H,1-2H3,(H,15,16). The Morgan fingerprint density at radius 3 is 2.60 bits per heavy atom. The molecule has 0 aliphatic rings. The highest BCUT2D eigenvalue weighted by Gasteiger charge is 2.22. The molecule has 0 saturated heterocycles. The zero-order valence-corrected chi connectivity index (χ0v) is 12.2. The summed E-state index contributed by atoms with van der Waals surface area (Å²) in [5, 5.41) is 7.31. The summed E-state index contributed by atoms with van der Waals surface area (Å²) in [6, 6.07) is 2.92. The van der Waals surface area contributed by atoms with Crippen molar-refractivity contribution in [1.82, 2.24) is 10.2 Å². The third-order valence-corrected chi connectivity index (χ3v) is 3.93. The van der Waals surface area contributed by atoms with E-state index in [1.165, 1.54) is 6.07 Å². The van der Waals surface area contributed by atoms with E-state index in [1.807, 2.05) is 18.6 Å². The number of benzene rings is 1. The van der Waals surface area contributed by atoms with Crippen LogP contribution in [0.15, 0.2) is 27.5 Å². The second kappa shape index (κ2) is 5.37. The van der Waals surface area contributed by atoms with Gasteiger partial charge in [0.2, 0.25) is 5.89 Å². The highest BCUT2D eigenvalue weighted by Crippen LogP contribution is 2.22. The van der Waals surface area contributed by atoms with Gasteiger partial charge in [0.1, 0.15) is 10.7 Å². The van der Waals surface area contributed by atoms with Gasteiger partial charge in [-0.25, -0.2) is 17.5 Å². The van der Waals surface area contributed by atoms with Gasteiger partial charge in [-0.2, -0.15) is 0 Å². The number of nitrogens with zero attached hydrogens (tertiary/aromatic N) is 2. The van der Waals surface area contributed by atoms with Crippen LogP contribution in [0, 0.1) is 5.82 Å². The van der Waals surface area contributed by atoms with Gasteiger partial charge in [0, 0.05) is 10.9 Å². The van der Waals surface area contributed by atoms with Crippen molar-refractivity contribution in [2.75, 3.05) is 4.72 Å². The average molecular weight is 320 g/mol. The van der Waals surface area contributed by atoms with Crippen molar-refractivity contribution in [2.24, 2.45) is 0 Å². The predicted molar refractivity (Wildman–Crippen MR) is 70.6 cm³/mol. The van der Waals surface area contributed by atoms with Crippen molar-refractivity contribution < 1.29 is 17.2 Å². The van der Waals surface area contributed by atoms with E-state index in [9.17, 15) is 12.8 Å². The molecule has 1 aromatic carbocycles. The average Bonchev–Trinajstić information content (AvgIpc) is 2.76. The lowest BCUT2D eigenvalue weighted by molar-refractivity contribution is 0.483. The Hall–Kier alpha value is -1.67. The number of anilines is 1. The van der Waals surface area contributed by atoms with Gasteiger partial charge < -0.3 is 4.42 Å². The summed E-state index contributed by atoms with van der Waals surface area (Å²) >= 11 is 5.57. The highest BCUT2D eigenvalue weighted by atomic mass is 35.5. The third-order valence-electron chi connectivity index (χ3n) is 2.34. The molecule has 0 spiro atoms. The summed E-state index contributed by atoms with van der Waals surface area (Å²) in [6.45, 7) is 3.62. The molecule has 0 bridgehead atoms. The highest BCUT2D eigenvalue weighted by molar-refractivity contribution is 7.92. The normalized spacial score (nSPS) is 11.8. The Morgan fingerprint density at radius 1 is 1.35 bits per heavy atom. The second-order valence-electron chi connectivity index (χ2n) is 4.28. The van der Waals surface area contributed by atoms with Gasteiger partial charge in [-0.05, 0) is 18.2 Å². The molecule has 0 fully saturated rings. The Labute approximate surface area is 120 Å². The first-order valence-corrected chi connectivity index (χ1v) is 7.47. The van der Waals surface area contributed by atoms with Crippen molar-refractivity contribution in [3.8, 4) is 0 Å². The molecule has 1 aromatic heterocycles. The summed E-state index contributed by atoms with van der Waals surface area (Å²) in [4.78, 5) is -0.550. The van der Waals surface area contributed by atoms with Crippen LogP contribution in [0.2, 0.25) is 5.02 Å². The lowest BCUT2D eigenvalue weighted by Crippen LogP contribution is -2.14. The van der Waals surface area contributed by atoms with Crippen molar-refractivity contribution in [3.05, 3.63) is 34.9 Å². The van der Waals surface area contributed by atoms with Gasteiger partial charge in [-0.3, -0.25) is 0 Å². The van der Waals surface area contributed by atoms with E-state index >= 15 is 0 Å². The summed E-state index contributed by atoms with van der Waals surface area (Å²) in [5.41, 5.74) is 0. The maximum absolute atomic E-state index is 13.6. The molecule has 2 aromatic rings. The van der Waals surface area contributed by atoms with E-state index in [0.717, 1.165) is 12.1 Å². The number of hydrogen-bond donors (Lipinski definition) is 1. The molecule has 1 N–H and O–H groups in total. The maximum atomic E-state index is 13.6. The van der Waals surface area contributed by atoms with Crippen LogP contribution in [0.25, 0.3) is 0 Å². The van der Waals surface area contributed by atoms with E-state index in [1.54, 1.807) is 0 Å². The van der Waals surface area contributed by atoms with Gasteiger partial charge >= 0.3 is 6.01 Å². The van der Waals surface area contributed by atoms with E-state index in [-0.39, 0.29) is 22.8 Å². The Kier molecular flexibility index (Phi) is 3.96. The van der Waals surface area contributed by atoms with Crippen LogP contribution in [-0.4, -0.2) is 18.6 Å². The van der Waals surface area contributed by atoms with E-state index in [4.69, 9.17) is 16.0 Å². The second-order valence-corrected chi connectivity index (χ2v) is 6.37. The SMILES string of the molecule is CC(C)c1nnc(NS(=O)(=O)c2ccc(Cl)cc2F)o1. The molecule has 9 heteroatoms. The summed E-state index contributed by atoms with van der Waals surface area (Å²) in [6.07, 6.45) is 0. The van der Waals surface area contributed by atoms with Gasteiger partial charge in [-0.15, -0.1) is 5.10 Å². The molecule has 20 heavy (non-hydrogen) atoms. The molecule has 0 amide bonds. The monoisotopic (exact) mass is 319 g/mol. The van der Waals surface area contributed by atoms with E-state index in [2.05, 4.69) is 10.2 Å². The van der Waals surface area contributed by atoms with Gasteiger partial charge in [0.25, 0.3) is 10.0 Å². The third kappa shape index (κ3) is 3.07. The quantitative estimate of drug-likeness (QED) is 0.936. The zero-order valence-electron chi connectivity index (χ0n) is 10.6. The molecule has 0 aliphatic carbocycles. The van der Waals surface area contributed by atoms with Crippen molar-refractivity contribution in [3.63, 3.8) is 0 Å². The molecule has 6 nitrogen and oxygen atoms in total. The maximum Gasteiger partial charge on any atom is 0.329 e. The molecular formula is C11H11ClFN3O3S. The van der Waals surface area contributed by atoms with Crippen molar-refractivity contribution in [1.29, 1.82) is 0 Å². The lowest BCUT2D eigenvalue weighted by Gasteiger charge is -2.05. The van der Waals surface area contributed by atoms with Gasteiger partial charge in [0.05, 0.1) is 0 Å². The summed E-state index contributed by atoms with van der Waals surface area (Å²) in [5.74, 6) is -0.735. The zero-order chi connectivity index (χ0) is 14.9. The number of sulfonamides is 1. The molecule has 0 saturated carbocycles. The first-order chi connectivity index (χ1) is 9.29. The fourth-order valence-corrected chi connectivity index (χ4v) is 2.52. The minimum atomic E-state index is -4.15. The number of halogens is 2. The van der Waals surface area contributed by atoms with Gasteiger partial charge in [0.15, 0.2) is 0 Å². The minimum absolute atomic E-state index is 0.0481. The molecule has 0 radical (unpaired) electrons. The molecule has 0 aliphatic heterocycles. The van der Waals surface area contributed by atoms with Crippen LogP contribution in [0.1, 0.15) is 25.7 Å². The Balaban J connectivity index is 2.30. The van der Waals surface area contributed by atoms with E-state index < -0.39 is 20.7 Å². The molecule has 1 heterocycles. The number of hydrogen-bond acceptors (Lipinski definition) is 5. The summed E-state index contributed by atoms with van der Waals surface area (Å²) < 4.78 is 44.7. The number of aromatic nitrogens is 2. The number of nitrogens with one attached hydrogen (secondary N) is 1. The predicted octanol–water partition coefficient (Wildman–Crippen LogP) is 2.79.